The van der Waals surface area contributed by atoms with Crippen LogP contribution in [0.5, 0.6) is 0 Å². The molecule has 0 aromatic carbocycles. The standard InChI is InChI=1S/C14H21ClN2/c1-11(2)6-8-17(13-3-4-13)10-12-5-7-16-14(15)9-12/h5,7,9,11,13H,3-4,6,8,10H2,1-2H3. The molecule has 1 heterocycles. The Labute approximate surface area is 109 Å². The fourth-order valence-electron chi connectivity index (χ4n) is 2.03. The van der Waals surface area contributed by atoms with Crippen molar-refractivity contribution >= 4 is 11.6 Å². The summed E-state index contributed by atoms with van der Waals surface area (Å²) in [5, 5.41) is 0.599. The van der Waals surface area contributed by atoms with Gasteiger partial charge in [0, 0.05) is 18.8 Å². The first kappa shape index (κ1) is 12.8. The Balaban J connectivity index is 1.93. The van der Waals surface area contributed by atoms with Gasteiger partial charge in [0.25, 0.3) is 0 Å². The van der Waals surface area contributed by atoms with E-state index in [4.69, 9.17) is 11.6 Å². The lowest BCUT2D eigenvalue weighted by atomic mass is 10.1. The van der Waals surface area contributed by atoms with Crippen LogP contribution in [0.15, 0.2) is 18.3 Å². The van der Waals surface area contributed by atoms with Gasteiger partial charge >= 0.3 is 0 Å². The molecule has 0 amide bonds. The van der Waals surface area contributed by atoms with E-state index in [9.17, 15) is 0 Å². The van der Waals surface area contributed by atoms with Crippen molar-refractivity contribution in [2.75, 3.05) is 6.54 Å². The predicted molar refractivity (Wildman–Crippen MR) is 72.1 cm³/mol. The molecule has 1 saturated carbocycles. The molecule has 1 aliphatic carbocycles. The minimum atomic E-state index is 0.599. The highest BCUT2D eigenvalue weighted by Gasteiger charge is 2.28. The van der Waals surface area contributed by atoms with Gasteiger partial charge in [-0.05, 0) is 49.4 Å². The van der Waals surface area contributed by atoms with E-state index in [-0.39, 0.29) is 0 Å². The van der Waals surface area contributed by atoms with E-state index in [1.807, 2.05) is 6.07 Å². The number of hydrogen-bond acceptors (Lipinski definition) is 2. The molecule has 0 aliphatic heterocycles. The van der Waals surface area contributed by atoms with Crippen molar-refractivity contribution in [1.82, 2.24) is 9.88 Å². The highest BCUT2D eigenvalue weighted by atomic mass is 35.5. The molecule has 0 saturated heterocycles. The van der Waals surface area contributed by atoms with Gasteiger partial charge in [0.2, 0.25) is 0 Å². The van der Waals surface area contributed by atoms with Gasteiger partial charge in [-0.1, -0.05) is 25.4 Å². The van der Waals surface area contributed by atoms with E-state index < -0.39 is 0 Å². The molecular formula is C14H21ClN2. The Kier molecular flexibility index (Phi) is 4.41. The third-order valence-electron chi connectivity index (χ3n) is 3.23. The molecular weight excluding hydrogens is 232 g/mol. The second-order valence-electron chi connectivity index (χ2n) is 5.37. The summed E-state index contributed by atoms with van der Waals surface area (Å²) in [7, 11) is 0. The minimum absolute atomic E-state index is 0.599. The maximum Gasteiger partial charge on any atom is 0.129 e. The molecule has 1 aliphatic rings. The lowest BCUT2D eigenvalue weighted by Crippen LogP contribution is -2.27. The van der Waals surface area contributed by atoms with E-state index >= 15 is 0 Å². The molecule has 1 aromatic rings. The molecule has 1 fully saturated rings. The first-order valence-electron chi connectivity index (χ1n) is 6.49. The van der Waals surface area contributed by atoms with Crippen LogP contribution in [0.2, 0.25) is 5.15 Å². The van der Waals surface area contributed by atoms with Crippen molar-refractivity contribution in [2.45, 2.75) is 45.7 Å². The molecule has 2 nitrogen and oxygen atoms in total. The average molecular weight is 253 g/mol. The Morgan fingerprint density at radius 2 is 2.24 bits per heavy atom. The summed E-state index contributed by atoms with van der Waals surface area (Å²) in [4.78, 5) is 6.62. The van der Waals surface area contributed by atoms with Crippen molar-refractivity contribution < 1.29 is 0 Å². The Morgan fingerprint density at radius 1 is 1.47 bits per heavy atom. The minimum Gasteiger partial charge on any atom is -0.296 e. The number of pyridine rings is 1. The molecule has 3 heteroatoms. The summed E-state index contributed by atoms with van der Waals surface area (Å²) < 4.78 is 0. The SMILES string of the molecule is CC(C)CCN(Cc1ccnc(Cl)c1)C1CC1. The zero-order valence-corrected chi connectivity index (χ0v) is 11.5. The van der Waals surface area contributed by atoms with Gasteiger partial charge in [-0.2, -0.15) is 0 Å². The maximum absolute atomic E-state index is 5.92. The highest BCUT2D eigenvalue weighted by molar-refractivity contribution is 6.29. The van der Waals surface area contributed by atoms with Gasteiger partial charge in [0.05, 0.1) is 0 Å². The fourth-order valence-corrected chi connectivity index (χ4v) is 2.23. The van der Waals surface area contributed by atoms with Crippen LogP contribution in [0.3, 0.4) is 0 Å². The number of halogens is 1. The van der Waals surface area contributed by atoms with Crippen LogP contribution in [0.25, 0.3) is 0 Å². The highest BCUT2D eigenvalue weighted by Crippen LogP contribution is 2.29. The average Bonchev–Trinajstić information content (AvgIpc) is 3.07. The molecule has 17 heavy (non-hydrogen) atoms. The molecule has 94 valence electrons. The summed E-state index contributed by atoms with van der Waals surface area (Å²) in [5.74, 6) is 0.775. The van der Waals surface area contributed by atoms with Crippen LogP contribution in [0, 0.1) is 5.92 Å². The molecule has 0 atom stereocenters. The fraction of sp³-hybridized carbons (Fsp3) is 0.643. The lowest BCUT2D eigenvalue weighted by Gasteiger charge is -2.23. The van der Waals surface area contributed by atoms with Crippen LogP contribution >= 0.6 is 11.6 Å². The predicted octanol–water partition coefficient (Wildman–Crippen LogP) is 3.75. The van der Waals surface area contributed by atoms with Crippen molar-refractivity contribution in [3.8, 4) is 0 Å². The largest absolute Gasteiger partial charge is 0.296 e. The van der Waals surface area contributed by atoms with Gasteiger partial charge in [0.15, 0.2) is 0 Å². The zero-order chi connectivity index (χ0) is 12.3. The van der Waals surface area contributed by atoms with Gasteiger partial charge in [-0.3, -0.25) is 4.90 Å². The maximum atomic E-state index is 5.92. The van der Waals surface area contributed by atoms with Crippen molar-refractivity contribution in [3.63, 3.8) is 0 Å². The molecule has 0 N–H and O–H groups in total. The van der Waals surface area contributed by atoms with Crippen LogP contribution in [-0.2, 0) is 6.54 Å². The topological polar surface area (TPSA) is 16.1 Å². The normalized spacial score (nSPS) is 15.8. The van der Waals surface area contributed by atoms with Crippen molar-refractivity contribution in [3.05, 3.63) is 29.0 Å². The van der Waals surface area contributed by atoms with Gasteiger partial charge in [0.1, 0.15) is 5.15 Å². The zero-order valence-electron chi connectivity index (χ0n) is 10.7. The Morgan fingerprint density at radius 3 is 2.82 bits per heavy atom. The molecule has 0 radical (unpaired) electrons. The van der Waals surface area contributed by atoms with Crippen molar-refractivity contribution in [1.29, 1.82) is 0 Å². The molecule has 2 rings (SSSR count). The van der Waals surface area contributed by atoms with Crippen LogP contribution in [0.4, 0.5) is 0 Å². The summed E-state index contributed by atoms with van der Waals surface area (Å²) in [6.07, 6.45) is 5.79. The van der Waals surface area contributed by atoms with Gasteiger partial charge in [-0.25, -0.2) is 4.98 Å². The van der Waals surface area contributed by atoms with E-state index in [1.165, 1.54) is 31.4 Å². The van der Waals surface area contributed by atoms with Crippen LogP contribution in [0.1, 0.15) is 38.7 Å². The summed E-state index contributed by atoms with van der Waals surface area (Å²) in [6.45, 7) is 6.78. The summed E-state index contributed by atoms with van der Waals surface area (Å²) in [6, 6.07) is 4.85. The van der Waals surface area contributed by atoms with E-state index in [2.05, 4.69) is 29.8 Å². The third-order valence-corrected chi connectivity index (χ3v) is 3.44. The number of aromatic nitrogens is 1. The van der Waals surface area contributed by atoms with Crippen LogP contribution < -0.4 is 0 Å². The Hall–Kier alpha value is -0.600. The van der Waals surface area contributed by atoms with Crippen molar-refractivity contribution in [2.24, 2.45) is 5.92 Å². The van der Waals surface area contributed by atoms with E-state index in [1.54, 1.807) is 6.20 Å². The smallest absolute Gasteiger partial charge is 0.129 e. The molecule has 0 unspecified atom stereocenters. The second-order valence-corrected chi connectivity index (χ2v) is 5.76. The van der Waals surface area contributed by atoms with Crippen LogP contribution in [-0.4, -0.2) is 22.5 Å². The lowest BCUT2D eigenvalue weighted by molar-refractivity contribution is 0.239. The monoisotopic (exact) mass is 252 g/mol. The quantitative estimate of drug-likeness (QED) is 0.717. The van der Waals surface area contributed by atoms with E-state index in [0.717, 1.165) is 18.5 Å². The first-order valence-corrected chi connectivity index (χ1v) is 6.87. The molecule has 0 bridgehead atoms. The molecule has 0 spiro atoms. The van der Waals surface area contributed by atoms with E-state index in [0.29, 0.717) is 5.15 Å². The summed E-state index contributed by atoms with van der Waals surface area (Å²) >= 11 is 5.92. The number of nitrogens with zero attached hydrogens (tertiary/aromatic N) is 2. The summed E-state index contributed by atoms with van der Waals surface area (Å²) in [5.41, 5.74) is 1.28. The third kappa shape index (κ3) is 4.29. The van der Waals surface area contributed by atoms with Gasteiger partial charge in [-0.15, -0.1) is 0 Å². The second kappa shape index (κ2) is 5.83. The first-order chi connectivity index (χ1) is 8.15. The van der Waals surface area contributed by atoms with Gasteiger partial charge < -0.3 is 0 Å². The molecule has 1 aromatic heterocycles. The number of rotatable bonds is 6. The Bertz CT molecular complexity index is 361. The number of hydrogen-bond donors (Lipinski definition) is 0.